The second-order valence-corrected chi connectivity index (χ2v) is 9.29. The molecule has 1 aliphatic rings. The molecule has 11 heteroatoms. The van der Waals surface area contributed by atoms with Crippen LogP contribution in [-0.4, -0.2) is 43.8 Å². The van der Waals surface area contributed by atoms with Crippen molar-refractivity contribution in [2.45, 2.75) is 51.1 Å². The minimum absolute atomic E-state index is 0.0875. The molecule has 0 saturated heterocycles. The van der Waals surface area contributed by atoms with Crippen LogP contribution in [0.5, 0.6) is 0 Å². The molecule has 0 spiro atoms. The van der Waals surface area contributed by atoms with Crippen LogP contribution in [-0.2, 0) is 22.4 Å². The van der Waals surface area contributed by atoms with Gasteiger partial charge in [-0.25, -0.2) is 4.79 Å². The Labute approximate surface area is 186 Å². The lowest BCUT2D eigenvalue weighted by molar-refractivity contribution is -0.113. The highest BCUT2D eigenvalue weighted by Crippen LogP contribution is 2.38. The van der Waals surface area contributed by atoms with Gasteiger partial charge in [-0.05, 0) is 45.1 Å². The Bertz CT molecular complexity index is 1200. The number of nitrogens with zero attached hydrogens (tertiary/aromatic N) is 3. The van der Waals surface area contributed by atoms with Gasteiger partial charge in [-0.2, -0.15) is 0 Å². The largest absolute Gasteiger partial charge is 0.462 e. The highest BCUT2D eigenvalue weighted by molar-refractivity contribution is 7.99. The molecular formula is C20H23N5O4S2. The number of rotatable bonds is 6. The summed E-state index contributed by atoms with van der Waals surface area (Å²) in [5, 5.41) is 12.0. The van der Waals surface area contributed by atoms with Crippen LogP contribution in [0.4, 0.5) is 5.00 Å². The first-order chi connectivity index (χ1) is 15.0. The fourth-order valence-electron chi connectivity index (χ4n) is 3.71. The first-order valence-electron chi connectivity index (χ1n) is 10.2. The van der Waals surface area contributed by atoms with E-state index in [0.717, 1.165) is 42.5 Å². The summed E-state index contributed by atoms with van der Waals surface area (Å²) in [5.41, 5.74) is 1.95. The van der Waals surface area contributed by atoms with Crippen LogP contribution in [0.15, 0.2) is 16.0 Å². The van der Waals surface area contributed by atoms with Crippen LogP contribution in [0, 0.1) is 6.92 Å². The number of fused-ring (bicyclic) bond motifs is 2. The fraction of sp³-hybridized carbons (Fsp3) is 0.450. The summed E-state index contributed by atoms with van der Waals surface area (Å²) < 4.78 is 6.96. The number of ether oxygens (including phenoxy) is 1. The number of amides is 1. The lowest BCUT2D eigenvalue weighted by Crippen LogP contribution is -2.17. The normalized spacial score (nSPS) is 13.6. The predicted octanol–water partition coefficient (Wildman–Crippen LogP) is 2.96. The number of H-pyrrole nitrogens is 1. The minimum Gasteiger partial charge on any atom is -0.462 e. The van der Waals surface area contributed by atoms with Gasteiger partial charge in [0.15, 0.2) is 5.16 Å². The van der Waals surface area contributed by atoms with Crippen molar-refractivity contribution in [3.05, 3.63) is 38.1 Å². The monoisotopic (exact) mass is 461 g/mol. The van der Waals surface area contributed by atoms with Crippen LogP contribution < -0.4 is 10.9 Å². The van der Waals surface area contributed by atoms with Crippen molar-refractivity contribution in [1.82, 2.24) is 19.6 Å². The maximum atomic E-state index is 12.7. The van der Waals surface area contributed by atoms with E-state index in [1.165, 1.54) is 29.2 Å². The molecule has 1 aliphatic carbocycles. The molecule has 0 unspecified atom stereocenters. The molecule has 0 atom stereocenters. The van der Waals surface area contributed by atoms with Gasteiger partial charge in [0, 0.05) is 16.6 Å². The number of thioether (sulfide) groups is 1. The number of hydrogen-bond acceptors (Lipinski definition) is 8. The van der Waals surface area contributed by atoms with E-state index in [9.17, 15) is 14.4 Å². The van der Waals surface area contributed by atoms with Gasteiger partial charge < -0.3 is 10.1 Å². The number of esters is 1. The van der Waals surface area contributed by atoms with Gasteiger partial charge in [0.2, 0.25) is 11.7 Å². The van der Waals surface area contributed by atoms with E-state index in [-0.39, 0.29) is 29.8 Å². The Hall–Kier alpha value is -2.66. The second kappa shape index (κ2) is 9.23. The number of aromatic amines is 1. The van der Waals surface area contributed by atoms with Crippen molar-refractivity contribution in [3.8, 4) is 0 Å². The number of aryl methyl sites for hydroxylation is 2. The van der Waals surface area contributed by atoms with Crippen molar-refractivity contribution in [3.63, 3.8) is 0 Å². The molecule has 0 bridgehead atoms. The average Bonchev–Trinajstić information content (AvgIpc) is 3.19. The van der Waals surface area contributed by atoms with Crippen molar-refractivity contribution in [2.75, 3.05) is 17.7 Å². The number of nitrogens with one attached hydrogen (secondary N) is 2. The van der Waals surface area contributed by atoms with E-state index in [1.807, 2.05) is 0 Å². The molecule has 4 rings (SSSR count). The second-order valence-electron chi connectivity index (χ2n) is 7.24. The van der Waals surface area contributed by atoms with Crippen LogP contribution in [0.25, 0.3) is 5.78 Å². The minimum atomic E-state index is -0.382. The van der Waals surface area contributed by atoms with Crippen molar-refractivity contribution in [2.24, 2.45) is 0 Å². The maximum Gasteiger partial charge on any atom is 0.341 e. The topological polar surface area (TPSA) is 118 Å². The number of aromatic nitrogens is 4. The summed E-state index contributed by atoms with van der Waals surface area (Å²) in [7, 11) is 0. The van der Waals surface area contributed by atoms with Crippen LogP contribution in [0.1, 0.15) is 52.7 Å². The van der Waals surface area contributed by atoms with E-state index in [4.69, 9.17) is 4.74 Å². The Morgan fingerprint density at radius 2 is 2.10 bits per heavy atom. The molecule has 0 aromatic carbocycles. The van der Waals surface area contributed by atoms with Crippen molar-refractivity contribution in [1.29, 1.82) is 0 Å². The standard InChI is InChI=1S/C20H23N5O4S2/c1-3-29-18(28)16-12-7-5-4-6-8-13(12)31-17(16)21-15(27)10-30-20-24-23-19-22-14(26)9-11(2)25(19)20/h9H,3-8,10H2,1-2H3,(H,21,27)(H,22,23,26). The Morgan fingerprint density at radius 1 is 1.29 bits per heavy atom. The third-order valence-corrected chi connectivity index (χ3v) is 7.18. The van der Waals surface area contributed by atoms with E-state index >= 15 is 0 Å². The lowest BCUT2D eigenvalue weighted by Gasteiger charge is -2.08. The molecule has 0 radical (unpaired) electrons. The van der Waals surface area contributed by atoms with Crippen molar-refractivity contribution < 1.29 is 14.3 Å². The van der Waals surface area contributed by atoms with Crippen LogP contribution >= 0.6 is 23.1 Å². The quantitative estimate of drug-likeness (QED) is 0.329. The molecule has 9 nitrogen and oxygen atoms in total. The van der Waals surface area contributed by atoms with Gasteiger partial charge in [-0.1, -0.05) is 18.2 Å². The van der Waals surface area contributed by atoms with Gasteiger partial charge >= 0.3 is 5.97 Å². The summed E-state index contributed by atoms with van der Waals surface area (Å²) >= 11 is 2.68. The fourth-order valence-corrected chi connectivity index (χ4v) is 5.79. The molecule has 2 N–H and O–H groups in total. The van der Waals surface area contributed by atoms with E-state index in [1.54, 1.807) is 18.2 Å². The third kappa shape index (κ3) is 4.52. The van der Waals surface area contributed by atoms with Gasteiger partial charge in [0.25, 0.3) is 5.56 Å². The number of carbonyl (C=O) groups excluding carboxylic acids is 2. The molecule has 0 fully saturated rings. The average molecular weight is 462 g/mol. The van der Waals surface area contributed by atoms with Gasteiger partial charge in [0.1, 0.15) is 5.00 Å². The highest BCUT2D eigenvalue weighted by Gasteiger charge is 2.26. The lowest BCUT2D eigenvalue weighted by atomic mass is 10.1. The predicted molar refractivity (Wildman–Crippen MR) is 119 cm³/mol. The van der Waals surface area contributed by atoms with Gasteiger partial charge in [-0.3, -0.25) is 19.0 Å². The van der Waals surface area contributed by atoms with Crippen molar-refractivity contribution >= 4 is 45.8 Å². The maximum absolute atomic E-state index is 12.7. The molecule has 0 saturated carbocycles. The summed E-state index contributed by atoms with van der Waals surface area (Å²) in [6.45, 7) is 3.84. The van der Waals surface area contributed by atoms with Gasteiger partial charge in [-0.15, -0.1) is 21.5 Å². The summed E-state index contributed by atoms with van der Waals surface area (Å²) in [6.07, 6.45) is 4.99. The summed E-state index contributed by atoms with van der Waals surface area (Å²) in [5.74, 6) is -0.206. The first-order valence-corrected chi connectivity index (χ1v) is 12.0. The zero-order valence-electron chi connectivity index (χ0n) is 17.3. The third-order valence-electron chi connectivity index (χ3n) is 5.05. The first kappa shape index (κ1) is 21.6. The Morgan fingerprint density at radius 3 is 2.90 bits per heavy atom. The molecule has 3 heterocycles. The molecule has 164 valence electrons. The highest BCUT2D eigenvalue weighted by atomic mass is 32.2. The zero-order chi connectivity index (χ0) is 22.0. The number of carbonyl (C=O) groups is 2. The molecule has 31 heavy (non-hydrogen) atoms. The number of anilines is 1. The number of thiophene rings is 1. The molecular weight excluding hydrogens is 438 g/mol. The zero-order valence-corrected chi connectivity index (χ0v) is 19.0. The smallest absolute Gasteiger partial charge is 0.341 e. The van der Waals surface area contributed by atoms with E-state index < -0.39 is 0 Å². The summed E-state index contributed by atoms with van der Waals surface area (Å²) in [4.78, 5) is 40.7. The molecule has 1 amide bonds. The molecule has 3 aromatic rings. The van der Waals surface area contributed by atoms with E-state index in [2.05, 4.69) is 20.5 Å². The van der Waals surface area contributed by atoms with Crippen LogP contribution in [0.3, 0.4) is 0 Å². The van der Waals surface area contributed by atoms with E-state index in [0.29, 0.717) is 27.2 Å². The number of hydrogen-bond donors (Lipinski definition) is 2. The Balaban J connectivity index is 1.52. The molecule has 0 aliphatic heterocycles. The van der Waals surface area contributed by atoms with Crippen LogP contribution in [0.2, 0.25) is 0 Å². The SMILES string of the molecule is CCOC(=O)c1c(NC(=O)CSc2nnc3[nH]c(=O)cc(C)n23)sc2c1CCCCC2. The Kier molecular flexibility index (Phi) is 6.42. The summed E-state index contributed by atoms with van der Waals surface area (Å²) in [6, 6.07) is 1.45. The van der Waals surface area contributed by atoms with Gasteiger partial charge in [0.05, 0.1) is 17.9 Å². The molecule has 3 aromatic heterocycles.